The lowest BCUT2D eigenvalue weighted by molar-refractivity contribution is 0.299. The van der Waals surface area contributed by atoms with Crippen molar-refractivity contribution in [1.29, 1.82) is 0 Å². The van der Waals surface area contributed by atoms with Gasteiger partial charge in [-0.2, -0.15) is 0 Å². The van der Waals surface area contributed by atoms with Crippen LogP contribution in [-0.4, -0.2) is 17.0 Å². The molecule has 0 saturated carbocycles. The van der Waals surface area contributed by atoms with Crippen LogP contribution in [0.25, 0.3) is 0 Å². The predicted molar refractivity (Wildman–Crippen MR) is 70.3 cm³/mol. The molecule has 4 nitrogen and oxygen atoms in total. The molecule has 0 aliphatic heterocycles. The molecule has 0 aromatic carbocycles. The van der Waals surface area contributed by atoms with Gasteiger partial charge in [0.2, 0.25) is 0 Å². The molecule has 0 fully saturated rings. The van der Waals surface area contributed by atoms with Crippen molar-refractivity contribution in [2.45, 2.75) is 20.1 Å². The Morgan fingerprint density at radius 3 is 2.72 bits per heavy atom. The quantitative estimate of drug-likeness (QED) is 0.873. The molecule has 18 heavy (non-hydrogen) atoms. The Hall–Kier alpha value is -1.94. The molecule has 0 saturated heterocycles. The van der Waals surface area contributed by atoms with Crippen LogP contribution < -0.4 is 10.1 Å². The number of nitrogens with one attached hydrogen (secondary N) is 1. The van der Waals surface area contributed by atoms with Crippen LogP contribution in [0.2, 0.25) is 0 Å². The minimum atomic E-state index is 0.467. The van der Waals surface area contributed by atoms with Crippen LogP contribution >= 0.6 is 0 Å². The van der Waals surface area contributed by atoms with E-state index in [1.165, 1.54) is 0 Å². The van der Waals surface area contributed by atoms with Gasteiger partial charge in [-0.1, -0.05) is 6.07 Å². The number of aryl methyl sites for hydroxylation is 1. The lowest BCUT2D eigenvalue weighted by Gasteiger charge is -2.06. The van der Waals surface area contributed by atoms with Crippen molar-refractivity contribution in [3.8, 4) is 5.75 Å². The van der Waals surface area contributed by atoms with E-state index in [2.05, 4.69) is 15.3 Å². The molecule has 2 aromatic rings. The summed E-state index contributed by atoms with van der Waals surface area (Å²) in [5.74, 6) is 0.762. The number of pyridine rings is 2. The minimum Gasteiger partial charge on any atom is -0.486 e. The highest BCUT2D eigenvalue weighted by atomic mass is 16.5. The van der Waals surface area contributed by atoms with E-state index in [0.717, 1.165) is 29.4 Å². The molecule has 4 heteroatoms. The number of aromatic nitrogens is 2. The average molecular weight is 243 g/mol. The lowest BCUT2D eigenvalue weighted by Crippen LogP contribution is -2.06. The molecule has 0 aliphatic rings. The van der Waals surface area contributed by atoms with E-state index >= 15 is 0 Å². The van der Waals surface area contributed by atoms with Crippen molar-refractivity contribution < 1.29 is 4.74 Å². The number of hydrogen-bond donors (Lipinski definition) is 1. The molecule has 2 aromatic heterocycles. The summed E-state index contributed by atoms with van der Waals surface area (Å²) in [7, 11) is 1.90. The summed E-state index contributed by atoms with van der Waals surface area (Å²) in [6, 6.07) is 9.79. The van der Waals surface area contributed by atoms with Gasteiger partial charge < -0.3 is 10.1 Å². The molecule has 94 valence electrons. The molecule has 0 amide bonds. The van der Waals surface area contributed by atoms with Crippen molar-refractivity contribution in [2.24, 2.45) is 0 Å². The molecule has 0 atom stereocenters. The second-order valence-corrected chi connectivity index (χ2v) is 4.07. The fourth-order valence-corrected chi connectivity index (χ4v) is 1.62. The van der Waals surface area contributed by atoms with Crippen LogP contribution in [-0.2, 0) is 13.2 Å². The first-order chi connectivity index (χ1) is 8.78. The Labute approximate surface area is 107 Å². The fraction of sp³-hybridized carbons (Fsp3) is 0.286. The Balaban J connectivity index is 1.93. The zero-order chi connectivity index (χ0) is 12.8. The summed E-state index contributed by atoms with van der Waals surface area (Å²) in [6.07, 6.45) is 1.74. The van der Waals surface area contributed by atoms with E-state index in [1.807, 2.05) is 44.3 Å². The maximum absolute atomic E-state index is 5.63. The molecule has 0 aliphatic carbocycles. The van der Waals surface area contributed by atoms with E-state index in [0.29, 0.717) is 6.61 Å². The highest BCUT2D eigenvalue weighted by molar-refractivity contribution is 5.20. The Morgan fingerprint density at radius 2 is 2.06 bits per heavy atom. The maximum atomic E-state index is 5.63. The molecule has 0 bridgehead atoms. The monoisotopic (exact) mass is 243 g/mol. The zero-order valence-corrected chi connectivity index (χ0v) is 10.7. The molecule has 2 rings (SSSR count). The summed E-state index contributed by atoms with van der Waals surface area (Å²) >= 11 is 0. The lowest BCUT2D eigenvalue weighted by atomic mass is 10.3. The topological polar surface area (TPSA) is 47.0 Å². The van der Waals surface area contributed by atoms with Crippen molar-refractivity contribution in [3.63, 3.8) is 0 Å². The van der Waals surface area contributed by atoms with Gasteiger partial charge in [-0.15, -0.1) is 0 Å². The van der Waals surface area contributed by atoms with Crippen molar-refractivity contribution in [2.75, 3.05) is 7.05 Å². The number of nitrogens with zero attached hydrogens (tertiary/aromatic N) is 2. The van der Waals surface area contributed by atoms with Crippen molar-refractivity contribution in [3.05, 3.63) is 53.6 Å². The van der Waals surface area contributed by atoms with Crippen LogP contribution in [0.4, 0.5) is 0 Å². The summed E-state index contributed by atoms with van der Waals surface area (Å²) in [5, 5.41) is 3.05. The maximum Gasteiger partial charge on any atom is 0.138 e. The Kier molecular flexibility index (Phi) is 4.25. The summed E-state index contributed by atoms with van der Waals surface area (Å²) < 4.78 is 5.63. The second-order valence-electron chi connectivity index (χ2n) is 4.07. The normalized spacial score (nSPS) is 10.3. The van der Waals surface area contributed by atoms with Crippen LogP contribution in [0.3, 0.4) is 0 Å². The molecule has 2 heterocycles. The van der Waals surface area contributed by atoms with Gasteiger partial charge >= 0.3 is 0 Å². The standard InChI is InChI=1S/C14H17N3O/c1-11-4-3-5-13(17-11)10-18-14-7-6-12(8-15-2)16-9-14/h3-7,9,15H,8,10H2,1-2H3. The molecule has 0 spiro atoms. The van der Waals surface area contributed by atoms with Gasteiger partial charge in [0.05, 0.1) is 17.6 Å². The molecule has 1 N–H and O–H groups in total. The molecular weight excluding hydrogens is 226 g/mol. The van der Waals surface area contributed by atoms with Gasteiger partial charge in [-0.25, -0.2) is 0 Å². The third kappa shape index (κ3) is 3.53. The third-order valence-corrected chi connectivity index (χ3v) is 2.49. The largest absolute Gasteiger partial charge is 0.486 e. The van der Waals surface area contributed by atoms with Crippen molar-refractivity contribution in [1.82, 2.24) is 15.3 Å². The SMILES string of the molecule is CNCc1ccc(OCc2cccc(C)n2)cn1. The second kappa shape index (κ2) is 6.12. The van der Waals surface area contributed by atoms with Gasteiger partial charge in [0, 0.05) is 12.2 Å². The van der Waals surface area contributed by atoms with E-state index in [1.54, 1.807) is 6.20 Å². The number of hydrogen-bond acceptors (Lipinski definition) is 4. The first-order valence-corrected chi connectivity index (χ1v) is 5.93. The number of rotatable bonds is 5. The van der Waals surface area contributed by atoms with E-state index in [9.17, 15) is 0 Å². The summed E-state index contributed by atoms with van der Waals surface area (Å²) in [4.78, 5) is 8.67. The first kappa shape index (κ1) is 12.5. The molecule has 0 unspecified atom stereocenters. The highest BCUT2D eigenvalue weighted by Gasteiger charge is 1.99. The fourth-order valence-electron chi connectivity index (χ4n) is 1.62. The van der Waals surface area contributed by atoms with Crippen LogP contribution in [0.15, 0.2) is 36.5 Å². The van der Waals surface area contributed by atoms with E-state index in [4.69, 9.17) is 4.74 Å². The third-order valence-electron chi connectivity index (χ3n) is 2.49. The minimum absolute atomic E-state index is 0.467. The van der Waals surface area contributed by atoms with Gasteiger partial charge in [0.25, 0.3) is 0 Å². The van der Waals surface area contributed by atoms with Crippen molar-refractivity contribution >= 4 is 0 Å². The van der Waals surface area contributed by atoms with Crippen LogP contribution in [0.5, 0.6) is 5.75 Å². The first-order valence-electron chi connectivity index (χ1n) is 5.93. The molecular formula is C14H17N3O. The van der Waals surface area contributed by atoms with E-state index in [-0.39, 0.29) is 0 Å². The Morgan fingerprint density at radius 1 is 1.17 bits per heavy atom. The summed E-state index contributed by atoms with van der Waals surface area (Å²) in [6.45, 7) is 3.20. The zero-order valence-electron chi connectivity index (χ0n) is 10.7. The predicted octanol–water partition coefficient (Wildman–Crippen LogP) is 2.08. The molecule has 0 radical (unpaired) electrons. The van der Waals surface area contributed by atoms with Gasteiger partial charge in [-0.05, 0) is 38.2 Å². The smallest absolute Gasteiger partial charge is 0.138 e. The Bertz CT molecular complexity index is 497. The van der Waals surface area contributed by atoms with Gasteiger partial charge in [0.1, 0.15) is 12.4 Å². The number of ether oxygens (including phenoxy) is 1. The highest BCUT2D eigenvalue weighted by Crippen LogP contribution is 2.11. The van der Waals surface area contributed by atoms with Gasteiger partial charge in [0.15, 0.2) is 0 Å². The average Bonchev–Trinajstić information content (AvgIpc) is 2.38. The van der Waals surface area contributed by atoms with Crippen LogP contribution in [0, 0.1) is 6.92 Å². The van der Waals surface area contributed by atoms with E-state index < -0.39 is 0 Å². The van der Waals surface area contributed by atoms with Gasteiger partial charge in [-0.3, -0.25) is 9.97 Å². The van der Waals surface area contributed by atoms with Crippen LogP contribution in [0.1, 0.15) is 17.1 Å². The summed E-state index contributed by atoms with van der Waals surface area (Å²) in [5.41, 5.74) is 2.92.